The van der Waals surface area contributed by atoms with Crippen LogP contribution in [-0.2, 0) is 0 Å². The quantitative estimate of drug-likeness (QED) is 0.454. The summed E-state index contributed by atoms with van der Waals surface area (Å²) in [5, 5.41) is 15.4. The van der Waals surface area contributed by atoms with Gasteiger partial charge < -0.3 is 23.7 Å². The van der Waals surface area contributed by atoms with E-state index < -0.39 is 0 Å². The lowest BCUT2D eigenvalue weighted by Gasteiger charge is -2.31. The van der Waals surface area contributed by atoms with E-state index in [9.17, 15) is 5.11 Å². The molecule has 4 aromatic rings. The van der Waals surface area contributed by atoms with Crippen molar-refractivity contribution in [2.45, 2.75) is 6.04 Å². The molecule has 140 valence electrons. The van der Waals surface area contributed by atoms with Crippen LogP contribution in [0.25, 0.3) is 16.5 Å². The number of hydrogen-bond donors (Lipinski definition) is 3. The molecule has 1 aliphatic rings. The summed E-state index contributed by atoms with van der Waals surface area (Å²) in [4.78, 5) is 8.93. The maximum absolute atomic E-state index is 10.9. The summed E-state index contributed by atoms with van der Waals surface area (Å²) in [6, 6.07) is 7.41. The Bertz CT molecular complexity index is 1030. The van der Waals surface area contributed by atoms with Crippen LogP contribution in [0.3, 0.4) is 0 Å². The van der Waals surface area contributed by atoms with Crippen molar-refractivity contribution in [3.05, 3.63) is 47.4 Å². The maximum Gasteiger partial charge on any atom is 0.235 e. The number of hydrogen-bond acceptors (Lipinski definition) is 6. The summed E-state index contributed by atoms with van der Waals surface area (Å²) >= 11 is 1.45. The molecule has 27 heavy (non-hydrogen) atoms. The number of piperazine rings is 1. The van der Waals surface area contributed by atoms with E-state index in [1.807, 2.05) is 12.1 Å². The molecule has 4 aromatic heterocycles. The highest BCUT2D eigenvalue weighted by molar-refractivity contribution is 7.17. The topological polar surface area (TPSA) is 85.6 Å². The first-order valence-electron chi connectivity index (χ1n) is 9.02. The maximum atomic E-state index is 10.9. The highest BCUT2D eigenvalue weighted by atomic mass is 32.1. The number of aromatic nitrogens is 3. The van der Waals surface area contributed by atoms with E-state index in [1.54, 1.807) is 24.7 Å². The minimum absolute atomic E-state index is 0.0614. The molecule has 3 N–H and O–H groups in total. The summed E-state index contributed by atoms with van der Waals surface area (Å²) in [5.41, 5.74) is 0. The van der Waals surface area contributed by atoms with Gasteiger partial charge in [-0.05, 0) is 24.3 Å². The van der Waals surface area contributed by atoms with E-state index in [0.29, 0.717) is 16.5 Å². The average Bonchev–Trinajstić information content (AvgIpc) is 3.44. The molecule has 0 amide bonds. The normalized spacial score (nSPS) is 21.7. The minimum Gasteiger partial charge on any atom is -0.492 e. The van der Waals surface area contributed by atoms with Crippen LogP contribution in [0.2, 0.25) is 0 Å². The second-order valence-corrected chi connectivity index (χ2v) is 7.97. The van der Waals surface area contributed by atoms with Gasteiger partial charge in [-0.25, -0.2) is 0 Å². The molecule has 9 heteroatoms. The zero-order valence-corrected chi connectivity index (χ0v) is 15.7. The zero-order chi connectivity index (χ0) is 18.4. The summed E-state index contributed by atoms with van der Waals surface area (Å²) < 4.78 is 12.6. The monoisotopic (exact) mass is 387 g/mol. The number of aromatic hydroxyl groups is 1. The molecular weight excluding hydrogens is 366 g/mol. The van der Waals surface area contributed by atoms with E-state index in [2.05, 4.69) is 17.1 Å². The van der Waals surface area contributed by atoms with Gasteiger partial charge in [0, 0.05) is 0 Å². The number of nitrogens with zero attached hydrogens (tertiary/aromatic N) is 3. The predicted molar refractivity (Wildman–Crippen MR) is 98.1 cm³/mol. The van der Waals surface area contributed by atoms with Gasteiger partial charge in [0.1, 0.15) is 31.1 Å². The van der Waals surface area contributed by atoms with Crippen molar-refractivity contribution >= 4 is 16.3 Å². The van der Waals surface area contributed by atoms with Gasteiger partial charge in [0.25, 0.3) is 0 Å². The Morgan fingerprint density at radius 3 is 2.59 bits per heavy atom. The number of rotatable bonds is 4. The Morgan fingerprint density at radius 2 is 1.93 bits per heavy atom. The van der Waals surface area contributed by atoms with E-state index in [0.717, 1.165) is 36.8 Å². The fourth-order valence-electron chi connectivity index (χ4n) is 3.71. The van der Waals surface area contributed by atoms with Crippen LogP contribution in [0.5, 0.6) is 5.88 Å². The third kappa shape index (κ3) is 2.84. The molecule has 0 bridgehead atoms. The van der Waals surface area contributed by atoms with Crippen molar-refractivity contribution in [1.29, 1.82) is 0 Å². The third-order valence-corrected chi connectivity index (χ3v) is 6.27. The van der Waals surface area contributed by atoms with Gasteiger partial charge in [0.05, 0.1) is 19.6 Å². The Balaban J connectivity index is 1.56. The standard InChI is InChI=1S/C18H19N5O3S/c1-21-6-8-22(9-7-21)14(12-4-2-10-25-12)15-17(24)23-18(27-15)19-16(20-23)13-5-3-11-26-13/h2-5,10-11,14,24H,6-9H2,1H3/p+2/t14-/m0/s1. The fraction of sp³-hybridized carbons (Fsp3) is 0.333. The van der Waals surface area contributed by atoms with E-state index in [1.165, 1.54) is 25.7 Å². The zero-order valence-electron chi connectivity index (χ0n) is 14.9. The second kappa shape index (κ2) is 6.52. The van der Waals surface area contributed by atoms with E-state index in [-0.39, 0.29) is 11.9 Å². The van der Waals surface area contributed by atoms with Crippen LogP contribution in [0.4, 0.5) is 0 Å². The lowest BCUT2D eigenvalue weighted by atomic mass is 10.1. The first-order chi connectivity index (χ1) is 13.2. The van der Waals surface area contributed by atoms with Crippen molar-refractivity contribution in [2.75, 3.05) is 33.2 Å². The van der Waals surface area contributed by atoms with Gasteiger partial charge in [-0.1, -0.05) is 11.3 Å². The Kier molecular flexibility index (Phi) is 4.00. The Hall–Kier alpha value is -2.62. The summed E-state index contributed by atoms with van der Waals surface area (Å²) in [5.74, 6) is 2.04. The molecule has 0 spiro atoms. The van der Waals surface area contributed by atoms with Crippen LogP contribution < -0.4 is 9.80 Å². The number of likely N-dealkylation sites (N-methyl/N-ethyl adjacent to an activating group) is 1. The molecule has 0 unspecified atom stereocenters. The van der Waals surface area contributed by atoms with Crippen LogP contribution in [0, 0.1) is 0 Å². The molecule has 5 heterocycles. The smallest absolute Gasteiger partial charge is 0.235 e. The number of quaternary nitrogens is 2. The SMILES string of the molecule is C[NH+]1CC[NH+]([C@@H](c2ccco2)c2sc3nc(-c4ccco4)nn3c2O)CC1. The van der Waals surface area contributed by atoms with Crippen molar-refractivity contribution < 1.29 is 23.7 Å². The van der Waals surface area contributed by atoms with Gasteiger partial charge in [0.2, 0.25) is 16.7 Å². The van der Waals surface area contributed by atoms with Crippen molar-refractivity contribution in [3.8, 4) is 17.5 Å². The van der Waals surface area contributed by atoms with Gasteiger partial charge in [-0.3, -0.25) is 0 Å². The Morgan fingerprint density at radius 1 is 1.15 bits per heavy atom. The average molecular weight is 387 g/mol. The molecule has 1 saturated heterocycles. The van der Waals surface area contributed by atoms with Crippen molar-refractivity contribution in [3.63, 3.8) is 0 Å². The molecule has 0 saturated carbocycles. The largest absolute Gasteiger partial charge is 0.492 e. The van der Waals surface area contributed by atoms with Gasteiger partial charge >= 0.3 is 0 Å². The number of nitrogens with one attached hydrogen (secondary N) is 2. The molecule has 1 fully saturated rings. The highest BCUT2D eigenvalue weighted by Gasteiger charge is 2.37. The predicted octanol–water partition coefficient (Wildman–Crippen LogP) is -0.148. The minimum atomic E-state index is -0.0614. The number of thiazole rings is 1. The molecule has 0 aliphatic carbocycles. The third-order valence-electron chi connectivity index (χ3n) is 5.19. The van der Waals surface area contributed by atoms with Crippen LogP contribution in [-0.4, -0.2) is 52.9 Å². The molecule has 1 atom stereocenters. The summed E-state index contributed by atoms with van der Waals surface area (Å²) in [7, 11) is 2.22. The van der Waals surface area contributed by atoms with Crippen LogP contribution in [0.1, 0.15) is 16.7 Å². The van der Waals surface area contributed by atoms with Gasteiger partial charge in [-0.2, -0.15) is 9.50 Å². The van der Waals surface area contributed by atoms with E-state index >= 15 is 0 Å². The second-order valence-electron chi connectivity index (χ2n) is 6.96. The number of furan rings is 2. The van der Waals surface area contributed by atoms with E-state index in [4.69, 9.17) is 8.83 Å². The highest BCUT2D eigenvalue weighted by Crippen LogP contribution is 2.36. The molecule has 5 rings (SSSR count). The number of fused-ring (bicyclic) bond motifs is 1. The molecule has 0 radical (unpaired) electrons. The Labute approximate surface area is 159 Å². The van der Waals surface area contributed by atoms with Crippen LogP contribution >= 0.6 is 11.3 Å². The molecular formula is C18H21N5O3S+2. The van der Waals surface area contributed by atoms with Crippen molar-refractivity contribution in [2.24, 2.45) is 0 Å². The van der Waals surface area contributed by atoms with Gasteiger partial charge in [0.15, 0.2) is 17.6 Å². The molecule has 0 aromatic carbocycles. The summed E-state index contributed by atoms with van der Waals surface area (Å²) in [6.45, 7) is 4.22. The van der Waals surface area contributed by atoms with Crippen LogP contribution in [0.15, 0.2) is 45.6 Å². The fourth-order valence-corrected chi connectivity index (χ4v) is 4.83. The van der Waals surface area contributed by atoms with Crippen molar-refractivity contribution in [1.82, 2.24) is 14.6 Å². The first kappa shape index (κ1) is 16.5. The molecule has 8 nitrogen and oxygen atoms in total. The lowest BCUT2D eigenvalue weighted by molar-refractivity contribution is -1.02. The first-order valence-corrected chi connectivity index (χ1v) is 9.84. The molecule has 1 aliphatic heterocycles. The summed E-state index contributed by atoms with van der Waals surface area (Å²) in [6.07, 6.45) is 3.27. The lowest BCUT2D eigenvalue weighted by Crippen LogP contribution is -3.27. The van der Waals surface area contributed by atoms with Gasteiger partial charge in [-0.15, -0.1) is 5.10 Å².